The van der Waals surface area contributed by atoms with Crippen molar-refractivity contribution >= 4 is 15.9 Å². The second kappa shape index (κ2) is 7.48. The number of aromatic nitrogens is 2. The number of aromatic amines is 1. The summed E-state index contributed by atoms with van der Waals surface area (Å²) in [6.07, 6.45) is 2.60. The number of sulfonamides is 1. The van der Waals surface area contributed by atoms with Crippen LogP contribution in [0.25, 0.3) is 0 Å². The summed E-state index contributed by atoms with van der Waals surface area (Å²) < 4.78 is 25.5. The number of fused-ring (bicyclic) bond motifs is 1. The Kier molecular flexibility index (Phi) is 5.47. The van der Waals surface area contributed by atoms with Gasteiger partial charge in [0.15, 0.2) is 0 Å². The van der Waals surface area contributed by atoms with Gasteiger partial charge in [0.1, 0.15) is 5.82 Å². The number of amides is 1. The van der Waals surface area contributed by atoms with Crippen LogP contribution in [0.1, 0.15) is 56.1 Å². The Balaban J connectivity index is 1.79. The van der Waals surface area contributed by atoms with Crippen molar-refractivity contribution in [2.24, 2.45) is 0 Å². The average Bonchev–Trinajstić information content (AvgIpc) is 3.12. The summed E-state index contributed by atoms with van der Waals surface area (Å²) in [6, 6.07) is 0. The summed E-state index contributed by atoms with van der Waals surface area (Å²) in [6.45, 7) is 5.28. The fourth-order valence-corrected chi connectivity index (χ4v) is 4.68. The van der Waals surface area contributed by atoms with E-state index in [-0.39, 0.29) is 29.7 Å². The van der Waals surface area contributed by atoms with Crippen LogP contribution in [-0.2, 0) is 27.8 Å². The fraction of sp³-hybridized carbons (Fsp3) is 0.706. The number of H-pyrrole nitrogens is 1. The molecule has 144 valence electrons. The average molecular weight is 382 g/mol. The second-order valence-electron chi connectivity index (χ2n) is 6.94. The van der Waals surface area contributed by atoms with Crippen LogP contribution in [0.5, 0.6) is 0 Å². The third kappa shape index (κ3) is 3.68. The molecule has 2 aliphatic rings. The Bertz CT molecular complexity index is 849. The number of carbonyl (C=O) groups is 1. The van der Waals surface area contributed by atoms with Crippen molar-refractivity contribution in [2.75, 3.05) is 25.4 Å². The molecule has 0 unspecified atom stereocenters. The van der Waals surface area contributed by atoms with Crippen LogP contribution in [0.3, 0.4) is 0 Å². The highest BCUT2D eigenvalue weighted by molar-refractivity contribution is 7.89. The molecule has 3 rings (SSSR count). The molecule has 1 aromatic rings. The molecule has 1 saturated heterocycles. The molecule has 9 heteroatoms. The largest absolute Gasteiger partial charge is 0.342 e. The highest BCUT2D eigenvalue weighted by Crippen LogP contribution is 2.26. The van der Waals surface area contributed by atoms with Gasteiger partial charge in [-0.15, -0.1) is 0 Å². The maximum atomic E-state index is 12.5. The Labute approximate surface area is 153 Å². The third-order valence-electron chi connectivity index (χ3n) is 5.20. The van der Waals surface area contributed by atoms with Crippen molar-refractivity contribution in [1.82, 2.24) is 19.2 Å². The van der Waals surface area contributed by atoms with Crippen LogP contribution in [0.15, 0.2) is 4.79 Å². The van der Waals surface area contributed by atoms with Crippen LogP contribution in [-0.4, -0.2) is 58.9 Å². The van der Waals surface area contributed by atoms with Gasteiger partial charge in [-0.3, -0.25) is 9.59 Å². The van der Waals surface area contributed by atoms with E-state index in [4.69, 9.17) is 0 Å². The first-order chi connectivity index (χ1) is 12.4. The van der Waals surface area contributed by atoms with Gasteiger partial charge in [-0.2, -0.15) is 4.31 Å². The predicted molar refractivity (Wildman–Crippen MR) is 97.3 cm³/mol. The fourth-order valence-electron chi connectivity index (χ4n) is 3.61. The molecule has 0 saturated carbocycles. The van der Waals surface area contributed by atoms with Gasteiger partial charge in [-0.25, -0.2) is 13.4 Å². The molecule has 0 spiro atoms. The van der Waals surface area contributed by atoms with Gasteiger partial charge >= 0.3 is 0 Å². The zero-order chi connectivity index (χ0) is 18.9. The van der Waals surface area contributed by atoms with E-state index in [1.54, 1.807) is 6.92 Å². The number of nitrogens with zero attached hydrogens (tertiary/aromatic N) is 3. The molecule has 1 N–H and O–H groups in total. The minimum absolute atomic E-state index is 0.0233. The van der Waals surface area contributed by atoms with Gasteiger partial charge in [-0.1, -0.05) is 6.92 Å². The second-order valence-corrected chi connectivity index (χ2v) is 9.19. The van der Waals surface area contributed by atoms with E-state index < -0.39 is 10.0 Å². The highest BCUT2D eigenvalue weighted by Gasteiger charge is 2.32. The first kappa shape index (κ1) is 19.0. The molecule has 8 nitrogen and oxygen atoms in total. The first-order valence-corrected chi connectivity index (χ1v) is 10.8. The molecule has 3 heterocycles. The lowest BCUT2D eigenvalue weighted by atomic mass is 10.1. The SMILES string of the molecule is CCCC(=O)N1CC[C@H](c2nc3c(c(=O)[nH]2)CN(S(=O)(=O)CC)CC3)C1. The van der Waals surface area contributed by atoms with Gasteiger partial charge in [0, 0.05) is 44.9 Å². The van der Waals surface area contributed by atoms with Crippen LogP contribution in [0, 0.1) is 0 Å². The molecule has 0 radical (unpaired) electrons. The quantitative estimate of drug-likeness (QED) is 0.803. The van der Waals surface area contributed by atoms with Crippen LogP contribution in [0.2, 0.25) is 0 Å². The molecule has 26 heavy (non-hydrogen) atoms. The molecule has 0 aromatic carbocycles. The number of nitrogens with one attached hydrogen (secondary N) is 1. The number of carbonyl (C=O) groups excluding carboxylic acids is 1. The summed E-state index contributed by atoms with van der Waals surface area (Å²) >= 11 is 0. The maximum Gasteiger partial charge on any atom is 0.255 e. The van der Waals surface area contributed by atoms with Crippen molar-refractivity contribution in [2.45, 2.75) is 52.0 Å². The summed E-state index contributed by atoms with van der Waals surface area (Å²) in [7, 11) is -3.32. The van der Waals surface area contributed by atoms with Crippen LogP contribution in [0.4, 0.5) is 0 Å². The zero-order valence-corrected chi connectivity index (χ0v) is 16.1. The van der Waals surface area contributed by atoms with Gasteiger partial charge in [0.2, 0.25) is 15.9 Å². The monoisotopic (exact) mass is 382 g/mol. The van der Waals surface area contributed by atoms with Crippen molar-refractivity contribution in [1.29, 1.82) is 0 Å². The molecule has 1 aromatic heterocycles. The standard InChI is InChI=1S/C17H26N4O4S/c1-3-5-15(22)20-8-6-12(10-20)16-18-14-7-9-21(26(24,25)4-2)11-13(14)17(23)19-16/h12H,3-11H2,1-2H3,(H,18,19,23)/t12-/m0/s1. The molecular formula is C17H26N4O4S. The van der Waals surface area contributed by atoms with Gasteiger partial charge in [-0.05, 0) is 19.8 Å². The van der Waals surface area contributed by atoms with E-state index in [1.165, 1.54) is 4.31 Å². The van der Waals surface area contributed by atoms with E-state index in [9.17, 15) is 18.0 Å². The normalized spacial score (nSPS) is 21.0. The molecule has 1 amide bonds. The topological polar surface area (TPSA) is 103 Å². The maximum absolute atomic E-state index is 12.5. The van der Waals surface area contributed by atoms with E-state index in [0.29, 0.717) is 49.6 Å². The smallest absolute Gasteiger partial charge is 0.255 e. The van der Waals surface area contributed by atoms with Gasteiger partial charge < -0.3 is 9.88 Å². The van der Waals surface area contributed by atoms with Gasteiger partial charge in [0.05, 0.1) is 17.0 Å². The Morgan fingerprint density at radius 3 is 2.77 bits per heavy atom. The number of hydrogen-bond acceptors (Lipinski definition) is 5. The van der Waals surface area contributed by atoms with Crippen molar-refractivity contribution in [3.63, 3.8) is 0 Å². The Morgan fingerprint density at radius 1 is 1.31 bits per heavy atom. The van der Waals surface area contributed by atoms with E-state index in [1.807, 2.05) is 11.8 Å². The third-order valence-corrected chi connectivity index (χ3v) is 7.03. The zero-order valence-electron chi connectivity index (χ0n) is 15.3. The molecule has 0 bridgehead atoms. The molecule has 0 aliphatic carbocycles. The van der Waals surface area contributed by atoms with Crippen molar-refractivity contribution in [3.05, 3.63) is 27.4 Å². The number of likely N-dealkylation sites (tertiary alicyclic amines) is 1. The van der Waals surface area contributed by atoms with Crippen molar-refractivity contribution in [3.8, 4) is 0 Å². The molecule has 1 atom stereocenters. The van der Waals surface area contributed by atoms with E-state index in [2.05, 4.69) is 9.97 Å². The number of hydrogen-bond donors (Lipinski definition) is 1. The minimum Gasteiger partial charge on any atom is -0.342 e. The molecule has 1 fully saturated rings. The van der Waals surface area contributed by atoms with Crippen LogP contribution < -0.4 is 5.56 Å². The Morgan fingerprint density at radius 2 is 2.08 bits per heavy atom. The minimum atomic E-state index is -3.32. The highest BCUT2D eigenvalue weighted by atomic mass is 32.2. The van der Waals surface area contributed by atoms with E-state index >= 15 is 0 Å². The predicted octanol–water partition coefficient (Wildman–Crippen LogP) is 0.594. The van der Waals surface area contributed by atoms with Gasteiger partial charge in [0.25, 0.3) is 5.56 Å². The first-order valence-electron chi connectivity index (χ1n) is 9.23. The Hall–Kier alpha value is -1.74. The summed E-state index contributed by atoms with van der Waals surface area (Å²) in [5.41, 5.74) is 0.859. The van der Waals surface area contributed by atoms with Crippen LogP contribution >= 0.6 is 0 Å². The van der Waals surface area contributed by atoms with Crippen molar-refractivity contribution < 1.29 is 13.2 Å². The summed E-state index contributed by atoms with van der Waals surface area (Å²) in [4.78, 5) is 33.9. The summed E-state index contributed by atoms with van der Waals surface area (Å²) in [5.74, 6) is 0.824. The lowest BCUT2D eigenvalue weighted by Crippen LogP contribution is -2.40. The molecular weight excluding hydrogens is 356 g/mol. The number of rotatable bonds is 5. The lowest BCUT2D eigenvalue weighted by Gasteiger charge is -2.27. The molecule has 2 aliphatic heterocycles. The van der Waals surface area contributed by atoms with E-state index in [0.717, 1.165) is 12.8 Å². The lowest BCUT2D eigenvalue weighted by molar-refractivity contribution is -0.130. The summed E-state index contributed by atoms with van der Waals surface area (Å²) in [5, 5.41) is 0.